The zero-order chi connectivity index (χ0) is 18.6. The highest BCUT2D eigenvalue weighted by Crippen LogP contribution is 2.34. The molecule has 1 saturated carbocycles. The Morgan fingerprint density at radius 1 is 1.27 bits per heavy atom. The number of hydrogen-bond donors (Lipinski definition) is 1. The Bertz CT molecular complexity index is 728. The molecule has 0 saturated heterocycles. The van der Waals surface area contributed by atoms with Gasteiger partial charge in [0.25, 0.3) is 0 Å². The molecule has 2 aromatic heterocycles. The molecular weight excluding hydrogens is 344 g/mol. The van der Waals surface area contributed by atoms with Crippen molar-refractivity contribution in [3.63, 3.8) is 0 Å². The van der Waals surface area contributed by atoms with Gasteiger partial charge >= 0.3 is 0 Å². The smallest absolute Gasteiger partial charge is 0.248 e. The van der Waals surface area contributed by atoms with E-state index in [4.69, 9.17) is 9.47 Å². The Kier molecular flexibility index (Phi) is 5.65. The molecule has 0 spiro atoms. The van der Waals surface area contributed by atoms with E-state index in [1.807, 2.05) is 13.0 Å². The molecule has 0 atom stereocenters. The number of nitrogens with one attached hydrogen (secondary N) is 1. The van der Waals surface area contributed by atoms with Crippen LogP contribution in [-0.2, 0) is 4.74 Å². The molecule has 1 fully saturated rings. The van der Waals surface area contributed by atoms with Crippen molar-refractivity contribution in [3.05, 3.63) is 24.0 Å². The summed E-state index contributed by atoms with van der Waals surface area (Å²) in [5.74, 6) is -1.30. The minimum absolute atomic E-state index is 0.0870. The second kappa shape index (κ2) is 7.94. The molecule has 0 radical (unpaired) electrons. The highest BCUT2D eigenvalue weighted by molar-refractivity contribution is 5.38. The van der Waals surface area contributed by atoms with Crippen LogP contribution in [0, 0.1) is 6.92 Å². The summed E-state index contributed by atoms with van der Waals surface area (Å²) in [6.45, 7) is 2.66. The number of aryl methyl sites for hydroxylation is 1. The molecule has 7 nitrogen and oxygen atoms in total. The topological polar surface area (TPSA) is 74.1 Å². The number of anilines is 1. The van der Waals surface area contributed by atoms with Gasteiger partial charge in [-0.05, 0) is 25.8 Å². The lowest BCUT2D eigenvalue weighted by Crippen LogP contribution is -2.32. The first-order valence-corrected chi connectivity index (χ1v) is 8.63. The molecule has 0 aliphatic heterocycles. The van der Waals surface area contributed by atoms with Gasteiger partial charge in [-0.15, -0.1) is 0 Å². The number of aromatic nitrogens is 4. The van der Waals surface area contributed by atoms with Gasteiger partial charge in [-0.2, -0.15) is 15.1 Å². The summed E-state index contributed by atoms with van der Waals surface area (Å²) in [5.41, 5.74) is 0.856. The molecule has 142 valence electrons. The van der Waals surface area contributed by atoms with Crippen molar-refractivity contribution < 1.29 is 18.3 Å². The van der Waals surface area contributed by atoms with Crippen molar-refractivity contribution >= 4 is 5.95 Å². The summed E-state index contributed by atoms with van der Waals surface area (Å²) in [6, 6.07) is 3.46. The fraction of sp³-hybridized carbons (Fsp3) is 0.588. The fourth-order valence-corrected chi connectivity index (χ4v) is 2.81. The Morgan fingerprint density at radius 2 is 2.04 bits per heavy atom. The van der Waals surface area contributed by atoms with E-state index in [0.717, 1.165) is 5.69 Å². The molecule has 2 heterocycles. The number of hydrogen-bond acceptors (Lipinski definition) is 6. The highest BCUT2D eigenvalue weighted by Gasteiger charge is 2.35. The monoisotopic (exact) mass is 367 g/mol. The van der Waals surface area contributed by atoms with Crippen molar-refractivity contribution in [3.8, 4) is 11.7 Å². The number of rotatable bonds is 7. The molecule has 1 aliphatic carbocycles. The van der Waals surface area contributed by atoms with Crippen molar-refractivity contribution in [2.24, 2.45) is 0 Å². The van der Waals surface area contributed by atoms with Gasteiger partial charge < -0.3 is 14.8 Å². The van der Waals surface area contributed by atoms with E-state index in [0.29, 0.717) is 43.7 Å². The second-order valence-electron chi connectivity index (χ2n) is 6.41. The lowest BCUT2D eigenvalue weighted by molar-refractivity contribution is -0.0361. The maximum atomic E-state index is 13.3. The molecular formula is C17H23F2N5O2. The third kappa shape index (κ3) is 4.87. The standard InChI is InChI=1S/C17H23F2N5O2/c1-12-5-8-24(23-12)14-11-15(26-10-9-25-2)22-16(21-14)20-13-3-6-17(18,19)7-4-13/h5,8,11,13H,3-4,6-7,9-10H2,1-2H3,(H,20,21,22). The zero-order valence-electron chi connectivity index (χ0n) is 14.9. The van der Waals surface area contributed by atoms with Crippen LogP contribution in [0.5, 0.6) is 5.88 Å². The average Bonchev–Trinajstić information content (AvgIpc) is 3.04. The maximum absolute atomic E-state index is 13.3. The Labute approximate surface area is 150 Å². The van der Waals surface area contributed by atoms with Crippen molar-refractivity contribution in [2.45, 2.75) is 44.6 Å². The van der Waals surface area contributed by atoms with Gasteiger partial charge in [-0.1, -0.05) is 0 Å². The summed E-state index contributed by atoms with van der Waals surface area (Å²) in [5, 5.41) is 7.50. The average molecular weight is 367 g/mol. The van der Waals surface area contributed by atoms with Crippen molar-refractivity contribution in [1.29, 1.82) is 0 Å². The van der Waals surface area contributed by atoms with E-state index in [1.165, 1.54) is 0 Å². The Balaban J connectivity index is 1.77. The molecule has 9 heteroatoms. The van der Waals surface area contributed by atoms with Gasteiger partial charge in [0.1, 0.15) is 6.61 Å². The van der Waals surface area contributed by atoms with E-state index in [1.54, 1.807) is 24.1 Å². The van der Waals surface area contributed by atoms with Gasteiger partial charge in [-0.3, -0.25) is 0 Å². The van der Waals surface area contributed by atoms with Gasteiger partial charge in [0.05, 0.1) is 12.3 Å². The van der Waals surface area contributed by atoms with Crippen molar-refractivity contribution in [2.75, 3.05) is 25.6 Å². The van der Waals surface area contributed by atoms with Crippen LogP contribution < -0.4 is 10.1 Å². The number of methoxy groups -OCH3 is 1. The van der Waals surface area contributed by atoms with E-state index < -0.39 is 5.92 Å². The van der Waals surface area contributed by atoms with Crippen LogP contribution >= 0.6 is 0 Å². The fourth-order valence-electron chi connectivity index (χ4n) is 2.81. The number of nitrogens with zero attached hydrogens (tertiary/aromatic N) is 4. The second-order valence-corrected chi connectivity index (χ2v) is 6.41. The number of alkyl halides is 2. The third-order valence-corrected chi connectivity index (χ3v) is 4.23. The SMILES string of the molecule is COCCOc1cc(-n2ccc(C)n2)nc(NC2CCC(F)(F)CC2)n1. The van der Waals surface area contributed by atoms with Gasteiger partial charge in [0.15, 0.2) is 5.82 Å². The van der Waals surface area contributed by atoms with Gasteiger partial charge in [-0.25, -0.2) is 13.5 Å². The predicted molar refractivity (Wildman–Crippen MR) is 92.1 cm³/mol. The first kappa shape index (κ1) is 18.5. The molecule has 0 aromatic carbocycles. The van der Waals surface area contributed by atoms with E-state index in [9.17, 15) is 8.78 Å². The lowest BCUT2D eigenvalue weighted by Gasteiger charge is -2.28. The minimum Gasteiger partial charge on any atom is -0.475 e. The minimum atomic E-state index is -2.57. The van der Waals surface area contributed by atoms with Crippen LogP contribution in [0.1, 0.15) is 31.4 Å². The zero-order valence-corrected chi connectivity index (χ0v) is 14.9. The molecule has 26 heavy (non-hydrogen) atoms. The maximum Gasteiger partial charge on any atom is 0.248 e. The number of ether oxygens (including phenoxy) is 2. The number of halogens is 2. The predicted octanol–water partition coefficient (Wildman–Crippen LogP) is 2.99. The summed E-state index contributed by atoms with van der Waals surface area (Å²) in [4.78, 5) is 8.79. The van der Waals surface area contributed by atoms with Crippen LogP contribution in [0.4, 0.5) is 14.7 Å². The molecule has 1 aliphatic rings. The highest BCUT2D eigenvalue weighted by atomic mass is 19.3. The summed E-state index contributed by atoms with van der Waals surface area (Å²) >= 11 is 0. The van der Waals surface area contributed by atoms with Crippen LogP contribution in [0.15, 0.2) is 18.3 Å². The quantitative estimate of drug-likeness (QED) is 0.759. The molecule has 3 rings (SSSR count). The summed E-state index contributed by atoms with van der Waals surface area (Å²) in [7, 11) is 1.59. The lowest BCUT2D eigenvalue weighted by atomic mass is 9.92. The molecule has 1 N–H and O–H groups in total. The van der Waals surface area contributed by atoms with Crippen LogP contribution in [0.3, 0.4) is 0 Å². The van der Waals surface area contributed by atoms with Crippen LogP contribution in [0.25, 0.3) is 5.82 Å². The van der Waals surface area contributed by atoms with Crippen molar-refractivity contribution in [1.82, 2.24) is 19.7 Å². The first-order chi connectivity index (χ1) is 12.4. The Morgan fingerprint density at radius 3 is 2.69 bits per heavy atom. The van der Waals surface area contributed by atoms with Crippen LogP contribution in [-0.4, -0.2) is 52.0 Å². The van der Waals surface area contributed by atoms with E-state index in [-0.39, 0.29) is 18.9 Å². The first-order valence-electron chi connectivity index (χ1n) is 8.63. The van der Waals surface area contributed by atoms with Gasteiger partial charge in [0, 0.05) is 38.3 Å². The van der Waals surface area contributed by atoms with Crippen LogP contribution in [0.2, 0.25) is 0 Å². The normalized spacial score (nSPS) is 17.2. The molecule has 0 amide bonds. The molecule has 0 bridgehead atoms. The molecule has 0 unspecified atom stereocenters. The largest absolute Gasteiger partial charge is 0.475 e. The van der Waals surface area contributed by atoms with E-state index >= 15 is 0 Å². The Hall–Kier alpha value is -2.29. The van der Waals surface area contributed by atoms with E-state index in [2.05, 4.69) is 20.4 Å². The molecule has 2 aromatic rings. The summed E-state index contributed by atoms with van der Waals surface area (Å²) in [6.07, 6.45) is 2.30. The summed E-state index contributed by atoms with van der Waals surface area (Å²) < 4.78 is 38.9. The van der Waals surface area contributed by atoms with Gasteiger partial charge in [0.2, 0.25) is 17.8 Å². The third-order valence-electron chi connectivity index (χ3n) is 4.23.